The number of nitrogens with zero attached hydrogens (tertiary/aromatic N) is 5. The highest BCUT2D eigenvalue weighted by Crippen LogP contribution is 2.24. The first-order valence-corrected chi connectivity index (χ1v) is 9.55. The van der Waals surface area contributed by atoms with E-state index in [0.29, 0.717) is 43.0 Å². The molecule has 2 aromatic heterocycles. The van der Waals surface area contributed by atoms with Gasteiger partial charge in [-0.25, -0.2) is 13.5 Å². The van der Waals surface area contributed by atoms with Gasteiger partial charge < -0.3 is 20.1 Å². The van der Waals surface area contributed by atoms with Crippen molar-refractivity contribution in [3.8, 4) is 5.95 Å². The summed E-state index contributed by atoms with van der Waals surface area (Å²) in [5.74, 6) is -0.516. The molecule has 0 aliphatic carbocycles. The average molecular weight is 416 g/mol. The highest BCUT2D eigenvalue weighted by atomic mass is 19.2. The van der Waals surface area contributed by atoms with Gasteiger partial charge >= 0.3 is 0 Å². The SMILES string of the molecule is Cc1cc(C)n(-c2nc(Nc3ccc(F)c(F)c3)cc(N3CCOC(CO)C3)n2)n1. The maximum atomic E-state index is 13.6. The third kappa shape index (κ3) is 4.24. The Balaban J connectivity index is 1.73. The first-order chi connectivity index (χ1) is 14.4. The quantitative estimate of drug-likeness (QED) is 0.661. The zero-order valence-electron chi connectivity index (χ0n) is 16.6. The van der Waals surface area contributed by atoms with Crippen LogP contribution in [0.25, 0.3) is 5.95 Å². The summed E-state index contributed by atoms with van der Waals surface area (Å²) < 4.78 is 34.0. The molecular formula is C20H22F2N6O2. The van der Waals surface area contributed by atoms with Crippen LogP contribution in [0.4, 0.5) is 26.1 Å². The van der Waals surface area contributed by atoms with Gasteiger partial charge in [-0.05, 0) is 32.0 Å². The lowest BCUT2D eigenvalue weighted by atomic mass is 10.2. The Morgan fingerprint density at radius 1 is 1.17 bits per heavy atom. The van der Waals surface area contributed by atoms with E-state index in [1.165, 1.54) is 6.07 Å². The Morgan fingerprint density at radius 2 is 2.00 bits per heavy atom. The molecule has 1 fully saturated rings. The number of nitrogens with one attached hydrogen (secondary N) is 1. The summed E-state index contributed by atoms with van der Waals surface area (Å²) in [7, 11) is 0. The summed E-state index contributed by atoms with van der Waals surface area (Å²) in [6.45, 7) is 5.20. The molecule has 3 aromatic rings. The second-order valence-corrected chi connectivity index (χ2v) is 7.13. The minimum absolute atomic E-state index is 0.0914. The molecule has 4 rings (SSSR count). The molecular weight excluding hydrogens is 394 g/mol. The summed E-state index contributed by atoms with van der Waals surface area (Å²) in [4.78, 5) is 11.1. The van der Waals surface area contributed by atoms with Crippen LogP contribution >= 0.6 is 0 Å². The Labute approximate surface area is 172 Å². The Kier molecular flexibility index (Phi) is 5.60. The topological polar surface area (TPSA) is 88.3 Å². The van der Waals surface area contributed by atoms with Crippen LogP contribution < -0.4 is 10.2 Å². The van der Waals surface area contributed by atoms with E-state index in [4.69, 9.17) is 4.74 Å². The lowest BCUT2D eigenvalue weighted by Gasteiger charge is -2.33. The molecule has 1 saturated heterocycles. The van der Waals surface area contributed by atoms with Crippen molar-refractivity contribution in [1.29, 1.82) is 0 Å². The highest BCUT2D eigenvalue weighted by molar-refractivity contribution is 5.61. The molecule has 1 aliphatic rings. The molecule has 0 spiro atoms. The van der Waals surface area contributed by atoms with Crippen molar-refractivity contribution in [2.75, 3.05) is 36.5 Å². The number of anilines is 3. The van der Waals surface area contributed by atoms with E-state index < -0.39 is 11.6 Å². The molecule has 0 radical (unpaired) electrons. The fraction of sp³-hybridized carbons (Fsp3) is 0.350. The number of aliphatic hydroxyl groups is 1. The minimum atomic E-state index is -0.952. The van der Waals surface area contributed by atoms with Gasteiger partial charge in [-0.2, -0.15) is 15.1 Å². The number of benzene rings is 1. The van der Waals surface area contributed by atoms with Crippen molar-refractivity contribution in [1.82, 2.24) is 19.7 Å². The van der Waals surface area contributed by atoms with Crippen molar-refractivity contribution < 1.29 is 18.6 Å². The monoisotopic (exact) mass is 416 g/mol. The van der Waals surface area contributed by atoms with Gasteiger partial charge in [-0.3, -0.25) is 0 Å². The van der Waals surface area contributed by atoms with Crippen LogP contribution in [0, 0.1) is 25.5 Å². The molecule has 10 heteroatoms. The first kappa shape index (κ1) is 20.2. The van der Waals surface area contributed by atoms with E-state index in [1.807, 2.05) is 24.8 Å². The van der Waals surface area contributed by atoms with Gasteiger partial charge in [0.05, 0.1) is 25.0 Å². The Morgan fingerprint density at radius 3 is 2.70 bits per heavy atom. The lowest BCUT2D eigenvalue weighted by molar-refractivity contribution is 0.00336. The number of aliphatic hydroxyl groups excluding tert-OH is 1. The summed E-state index contributed by atoms with van der Waals surface area (Å²) in [6, 6.07) is 7.18. The van der Waals surface area contributed by atoms with Gasteiger partial charge in [0.2, 0.25) is 0 Å². The first-order valence-electron chi connectivity index (χ1n) is 9.55. The molecule has 2 N–H and O–H groups in total. The van der Waals surface area contributed by atoms with Gasteiger partial charge in [0, 0.05) is 36.6 Å². The number of ether oxygens (including phenoxy) is 1. The number of hydrogen-bond donors (Lipinski definition) is 2. The van der Waals surface area contributed by atoms with E-state index in [2.05, 4.69) is 20.4 Å². The van der Waals surface area contributed by atoms with Gasteiger partial charge in [-0.15, -0.1) is 0 Å². The summed E-state index contributed by atoms with van der Waals surface area (Å²) in [6.07, 6.45) is -0.312. The molecule has 8 nitrogen and oxygen atoms in total. The van der Waals surface area contributed by atoms with Gasteiger partial charge in [-0.1, -0.05) is 0 Å². The number of halogens is 2. The lowest BCUT2D eigenvalue weighted by Crippen LogP contribution is -2.44. The average Bonchev–Trinajstić information content (AvgIpc) is 3.08. The van der Waals surface area contributed by atoms with Gasteiger partial charge in [0.15, 0.2) is 11.6 Å². The standard InChI is InChI=1S/C20H22F2N6O2/c1-12-7-13(2)28(26-12)20-24-18(23-14-3-4-16(21)17(22)8-14)9-19(25-20)27-5-6-30-15(10-27)11-29/h3-4,7-9,15,29H,5-6,10-11H2,1-2H3,(H,23,24,25). The Hall–Kier alpha value is -3.11. The minimum Gasteiger partial charge on any atom is -0.394 e. The van der Waals surface area contributed by atoms with Crippen LogP contribution in [-0.2, 0) is 4.74 Å². The van der Waals surface area contributed by atoms with Gasteiger partial charge in [0.25, 0.3) is 5.95 Å². The summed E-state index contributed by atoms with van der Waals surface area (Å²) >= 11 is 0. The van der Waals surface area contributed by atoms with E-state index in [-0.39, 0.29) is 12.7 Å². The molecule has 3 heterocycles. The van der Waals surface area contributed by atoms with Crippen LogP contribution in [0.2, 0.25) is 0 Å². The third-order valence-corrected chi connectivity index (χ3v) is 4.76. The van der Waals surface area contributed by atoms with E-state index in [9.17, 15) is 13.9 Å². The van der Waals surface area contributed by atoms with Crippen molar-refractivity contribution in [3.63, 3.8) is 0 Å². The molecule has 0 bridgehead atoms. The fourth-order valence-corrected chi connectivity index (χ4v) is 3.33. The number of aromatic nitrogens is 4. The summed E-state index contributed by atoms with van der Waals surface area (Å²) in [5, 5.41) is 16.9. The Bertz CT molecular complexity index is 1060. The molecule has 0 saturated carbocycles. The second-order valence-electron chi connectivity index (χ2n) is 7.13. The molecule has 158 valence electrons. The molecule has 1 atom stereocenters. The molecule has 30 heavy (non-hydrogen) atoms. The second kappa shape index (κ2) is 8.33. The predicted molar refractivity (Wildman–Crippen MR) is 107 cm³/mol. The summed E-state index contributed by atoms with van der Waals surface area (Å²) in [5.41, 5.74) is 2.04. The van der Waals surface area contributed by atoms with E-state index in [0.717, 1.165) is 23.5 Å². The number of aryl methyl sites for hydroxylation is 2. The highest BCUT2D eigenvalue weighted by Gasteiger charge is 2.22. The van der Waals surface area contributed by atoms with Crippen LogP contribution in [0.1, 0.15) is 11.4 Å². The van der Waals surface area contributed by atoms with Gasteiger partial charge in [0.1, 0.15) is 11.6 Å². The van der Waals surface area contributed by atoms with Crippen LogP contribution in [0.5, 0.6) is 0 Å². The number of morpholine rings is 1. The smallest absolute Gasteiger partial charge is 0.254 e. The zero-order valence-corrected chi connectivity index (χ0v) is 16.6. The van der Waals surface area contributed by atoms with E-state index in [1.54, 1.807) is 10.7 Å². The molecule has 1 unspecified atom stereocenters. The number of hydrogen-bond acceptors (Lipinski definition) is 7. The largest absolute Gasteiger partial charge is 0.394 e. The van der Waals surface area contributed by atoms with Crippen LogP contribution in [0.3, 0.4) is 0 Å². The van der Waals surface area contributed by atoms with Crippen molar-refractivity contribution in [2.45, 2.75) is 20.0 Å². The van der Waals surface area contributed by atoms with E-state index >= 15 is 0 Å². The molecule has 1 aromatic carbocycles. The van der Waals surface area contributed by atoms with Crippen molar-refractivity contribution >= 4 is 17.3 Å². The third-order valence-electron chi connectivity index (χ3n) is 4.76. The normalized spacial score (nSPS) is 16.7. The van der Waals surface area contributed by atoms with Crippen molar-refractivity contribution in [3.05, 3.63) is 53.4 Å². The van der Waals surface area contributed by atoms with Crippen LogP contribution in [-0.4, -0.2) is 57.3 Å². The maximum Gasteiger partial charge on any atom is 0.254 e. The maximum absolute atomic E-state index is 13.6. The predicted octanol–water partition coefficient (Wildman–Crippen LogP) is 2.50. The molecule has 0 amide bonds. The molecule has 1 aliphatic heterocycles. The van der Waals surface area contributed by atoms with Crippen LogP contribution in [0.15, 0.2) is 30.3 Å². The number of rotatable bonds is 5. The fourth-order valence-electron chi connectivity index (χ4n) is 3.33. The zero-order chi connectivity index (χ0) is 21.3. The van der Waals surface area contributed by atoms with Crippen molar-refractivity contribution in [2.24, 2.45) is 0 Å².